The van der Waals surface area contributed by atoms with Gasteiger partial charge >= 0.3 is 0 Å². The lowest BCUT2D eigenvalue weighted by Gasteiger charge is -2.30. The van der Waals surface area contributed by atoms with E-state index < -0.39 is 0 Å². The topological polar surface area (TPSA) is 58.1 Å². The summed E-state index contributed by atoms with van der Waals surface area (Å²) in [4.78, 5) is 22.7. The van der Waals surface area contributed by atoms with Crippen molar-refractivity contribution in [2.24, 2.45) is 5.92 Å². The van der Waals surface area contributed by atoms with Crippen LogP contribution in [0.25, 0.3) is 0 Å². The SMILES string of the molecule is CC1CCN(C(=O)c2cnc(NCc3ccc(F)cc3)nc2)CC1. The first-order valence-corrected chi connectivity index (χ1v) is 8.21. The van der Waals surface area contributed by atoms with E-state index in [4.69, 9.17) is 0 Å². The van der Waals surface area contributed by atoms with E-state index in [1.54, 1.807) is 24.5 Å². The number of nitrogens with zero attached hydrogens (tertiary/aromatic N) is 3. The molecule has 1 aliphatic rings. The third-order valence-electron chi connectivity index (χ3n) is 4.33. The smallest absolute Gasteiger partial charge is 0.256 e. The van der Waals surface area contributed by atoms with Crippen LogP contribution in [0.2, 0.25) is 0 Å². The van der Waals surface area contributed by atoms with Crippen LogP contribution in [-0.2, 0) is 6.54 Å². The van der Waals surface area contributed by atoms with Crippen LogP contribution in [0, 0.1) is 11.7 Å². The van der Waals surface area contributed by atoms with Gasteiger partial charge in [0.2, 0.25) is 5.95 Å². The highest BCUT2D eigenvalue weighted by Gasteiger charge is 2.21. The molecule has 1 N–H and O–H groups in total. The molecule has 5 nitrogen and oxygen atoms in total. The molecular formula is C18H21FN4O. The van der Waals surface area contributed by atoms with Crippen LogP contribution < -0.4 is 5.32 Å². The number of rotatable bonds is 4. The van der Waals surface area contributed by atoms with Crippen molar-refractivity contribution in [2.75, 3.05) is 18.4 Å². The van der Waals surface area contributed by atoms with E-state index in [0.29, 0.717) is 24.0 Å². The molecule has 0 unspecified atom stereocenters. The number of carbonyl (C=O) groups is 1. The maximum Gasteiger partial charge on any atom is 0.256 e. The minimum Gasteiger partial charge on any atom is -0.350 e. The van der Waals surface area contributed by atoms with Crippen LogP contribution in [-0.4, -0.2) is 33.9 Å². The van der Waals surface area contributed by atoms with Crippen molar-refractivity contribution in [3.63, 3.8) is 0 Å². The number of halogens is 1. The van der Waals surface area contributed by atoms with Gasteiger partial charge in [0.25, 0.3) is 5.91 Å². The van der Waals surface area contributed by atoms with Crippen molar-refractivity contribution in [1.82, 2.24) is 14.9 Å². The molecule has 0 aliphatic carbocycles. The van der Waals surface area contributed by atoms with Crippen molar-refractivity contribution in [1.29, 1.82) is 0 Å². The Balaban J connectivity index is 1.56. The molecule has 3 rings (SSSR count). The average molecular weight is 328 g/mol. The number of piperidine rings is 1. The third-order valence-corrected chi connectivity index (χ3v) is 4.33. The molecule has 2 aromatic rings. The fourth-order valence-electron chi connectivity index (χ4n) is 2.71. The Labute approximate surface area is 140 Å². The van der Waals surface area contributed by atoms with Crippen LogP contribution in [0.3, 0.4) is 0 Å². The number of likely N-dealkylation sites (tertiary alicyclic amines) is 1. The van der Waals surface area contributed by atoms with Crippen LogP contribution in [0.1, 0.15) is 35.7 Å². The molecule has 2 heterocycles. The highest BCUT2D eigenvalue weighted by atomic mass is 19.1. The molecule has 1 fully saturated rings. The van der Waals surface area contributed by atoms with Gasteiger partial charge in [-0.05, 0) is 36.5 Å². The first kappa shape index (κ1) is 16.4. The fourth-order valence-corrected chi connectivity index (χ4v) is 2.71. The van der Waals surface area contributed by atoms with Crippen molar-refractivity contribution in [3.8, 4) is 0 Å². The van der Waals surface area contributed by atoms with Crippen molar-refractivity contribution < 1.29 is 9.18 Å². The summed E-state index contributed by atoms with van der Waals surface area (Å²) in [5.41, 5.74) is 1.44. The monoisotopic (exact) mass is 328 g/mol. The number of carbonyl (C=O) groups excluding carboxylic acids is 1. The zero-order valence-electron chi connectivity index (χ0n) is 13.7. The summed E-state index contributed by atoms with van der Waals surface area (Å²) in [5.74, 6) is 0.864. The fraction of sp³-hybridized carbons (Fsp3) is 0.389. The lowest BCUT2D eigenvalue weighted by Crippen LogP contribution is -2.38. The van der Waals surface area contributed by atoms with Gasteiger partial charge < -0.3 is 10.2 Å². The Kier molecular flexibility index (Phi) is 5.03. The molecular weight excluding hydrogens is 307 g/mol. The standard InChI is InChI=1S/C18H21FN4O/c1-13-6-8-23(9-7-13)17(24)15-11-21-18(22-12-15)20-10-14-2-4-16(19)5-3-14/h2-5,11-13H,6-10H2,1H3,(H,20,21,22). The van der Waals surface area contributed by atoms with Crippen molar-refractivity contribution in [3.05, 3.63) is 53.6 Å². The summed E-state index contributed by atoms with van der Waals surface area (Å²) >= 11 is 0. The predicted molar refractivity (Wildman–Crippen MR) is 90.1 cm³/mol. The summed E-state index contributed by atoms with van der Waals surface area (Å²) in [6.45, 7) is 4.30. The third kappa shape index (κ3) is 4.07. The maximum absolute atomic E-state index is 12.9. The number of amides is 1. The number of anilines is 1. The second kappa shape index (κ2) is 7.38. The van der Waals surface area contributed by atoms with Crippen molar-refractivity contribution in [2.45, 2.75) is 26.3 Å². The second-order valence-corrected chi connectivity index (χ2v) is 6.25. The van der Waals surface area contributed by atoms with Gasteiger partial charge in [0, 0.05) is 32.0 Å². The van der Waals surface area contributed by atoms with Crippen LogP contribution in [0.15, 0.2) is 36.7 Å². The summed E-state index contributed by atoms with van der Waals surface area (Å²) in [6.07, 6.45) is 5.20. The number of hydrogen-bond donors (Lipinski definition) is 1. The van der Waals surface area contributed by atoms with Crippen LogP contribution >= 0.6 is 0 Å². The van der Waals surface area contributed by atoms with Gasteiger partial charge in [-0.3, -0.25) is 4.79 Å². The van der Waals surface area contributed by atoms with E-state index in [2.05, 4.69) is 22.2 Å². The molecule has 126 valence electrons. The van der Waals surface area contributed by atoms with E-state index >= 15 is 0 Å². The molecule has 0 bridgehead atoms. The van der Waals surface area contributed by atoms with E-state index in [-0.39, 0.29) is 11.7 Å². The zero-order valence-corrected chi connectivity index (χ0v) is 13.7. The van der Waals surface area contributed by atoms with Gasteiger partial charge in [-0.1, -0.05) is 19.1 Å². The van der Waals surface area contributed by atoms with Gasteiger partial charge in [-0.15, -0.1) is 0 Å². The van der Waals surface area contributed by atoms with Crippen molar-refractivity contribution >= 4 is 11.9 Å². The predicted octanol–water partition coefficient (Wildman–Crippen LogP) is 3.10. The van der Waals surface area contributed by atoms with Gasteiger partial charge in [0.15, 0.2) is 0 Å². The number of hydrogen-bond acceptors (Lipinski definition) is 4. The Hall–Kier alpha value is -2.50. The Morgan fingerprint density at radius 2 is 1.83 bits per heavy atom. The lowest BCUT2D eigenvalue weighted by molar-refractivity contribution is 0.0696. The molecule has 1 saturated heterocycles. The molecule has 1 aromatic heterocycles. The molecule has 6 heteroatoms. The number of benzene rings is 1. The number of nitrogens with one attached hydrogen (secondary N) is 1. The minimum absolute atomic E-state index is 0.00742. The molecule has 1 aromatic carbocycles. The molecule has 0 atom stereocenters. The maximum atomic E-state index is 12.9. The average Bonchev–Trinajstić information content (AvgIpc) is 2.62. The zero-order chi connectivity index (χ0) is 16.9. The Morgan fingerprint density at radius 1 is 1.21 bits per heavy atom. The molecule has 1 aliphatic heterocycles. The summed E-state index contributed by atoms with van der Waals surface area (Å²) in [5, 5.41) is 3.06. The van der Waals surface area contributed by atoms with Crippen LogP contribution in [0.4, 0.5) is 10.3 Å². The summed E-state index contributed by atoms with van der Waals surface area (Å²) in [6, 6.07) is 6.24. The molecule has 0 radical (unpaired) electrons. The van der Waals surface area contributed by atoms with Gasteiger partial charge in [-0.2, -0.15) is 0 Å². The quantitative estimate of drug-likeness (QED) is 0.937. The van der Waals surface area contributed by atoms with E-state index in [1.807, 2.05) is 4.90 Å². The summed E-state index contributed by atoms with van der Waals surface area (Å²) < 4.78 is 12.9. The second-order valence-electron chi connectivity index (χ2n) is 6.25. The van der Waals surface area contributed by atoms with Crippen LogP contribution in [0.5, 0.6) is 0 Å². The van der Waals surface area contributed by atoms with E-state index in [0.717, 1.165) is 31.5 Å². The normalized spacial score (nSPS) is 15.3. The Bertz CT molecular complexity index is 679. The summed E-state index contributed by atoms with van der Waals surface area (Å²) in [7, 11) is 0. The molecule has 0 spiro atoms. The highest BCUT2D eigenvalue weighted by molar-refractivity contribution is 5.93. The van der Waals surface area contributed by atoms with E-state index in [9.17, 15) is 9.18 Å². The van der Waals surface area contributed by atoms with Gasteiger partial charge in [0.1, 0.15) is 5.82 Å². The number of aromatic nitrogens is 2. The Morgan fingerprint density at radius 3 is 2.46 bits per heavy atom. The first-order chi connectivity index (χ1) is 11.6. The van der Waals surface area contributed by atoms with Gasteiger partial charge in [0.05, 0.1) is 5.56 Å². The lowest BCUT2D eigenvalue weighted by atomic mass is 9.99. The molecule has 0 saturated carbocycles. The highest BCUT2D eigenvalue weighted by Crippen LogP contribution is 2.18. The van der Waals surface area contributed by atoms with Gasteiger partial charge in [-0.25, -0.2) is 14.4 Å². The minimum atomic E-state index is -0.259. The largest absolute Gasteiger partial charge is 0.350 e. The van der Waals surface area contributed by atoms with E-state index in [1.165, 1.54) is 12.1 Å². The first-order valence-electron chi connectivity index (χ1n) is 8.21. The molecule has 1 amide bonds. The molecule has 24 heavy (non-hydrogen) atoms.